The third-order valence-electron chi connectivity index (χ3n) is 4.32. The molecule has 1 aromatic heterocycles. The van der Waals surface area contributed by atoms with Crippen molar-refractivity contribution in [3.05, 3.63) is 52.1 Å². The standard InChI is InChI=1S/C17H17F4N3O/c1-24-14-5-3-2-4-13(14)15(23-24)16(25)22-9-10-6-11(17(19,20)21)8-12(18)7-10/h6-8H,2-5,9H2,1H3,(H,22,25). The van der Waals surface area contributed by atoms with Crippen molar-refractivity contribution in [3.8, 4) is 0 Å². The van der Waals surface area contributed by atoms with Gasteiger partial charge in [0.15, 0.2) is 5.69 Å². The molecular weight excluding hydrogens is 338 g/mol. The number of aromatic nitrogens is 2. The van der Waals surface area contributed by atoms with Gasteiger partial charge in [0.25, 0.3) is 5.91 Å². The van der Waals surface area contributed by atoms with Gasteiger partial charge in [0.05, 0.1) is 5.56 Å². The number of halogens is 4. The van der Waals surface area contributed by atoms with E-state index in [2.05, 4.69) is 10.4 Å². The van der Waals surface area contributed by atoms with E-state index in [0.717, 1.165) is 49.1 Å². The number of nitrogens with one attached hydrogen (secondary N) is 1. The van der Waals surface area contributed by atoms with Crippen LogP contribution in [0.2, 0.25) is 0 Å². The van der Waals surface area contributed by atoms with Crippen molar-refractivity contribution in [1.82, 2.24) is 15.1 Å². The quantitative estimate of drug-likeness (QED) is 0.858. The molecule has 1 aromatic carbocycles. The van der Waals surface area contributed by atoms with E-state index in [1.54, 1.807) is 11.7 Å². The molecule has 1 aliphatic rings. The molecule has 134 valence electrons. The minimum atomic E-state index is -4.64. The lowest BCUT2D eigenvalue weighted by Gasteiger charge is -2.13. The molecule has 1 amide bonds. The van der Waals surface area contributed by atoms with E-state index < -0.39 is 23.5 Å². The van der Waals surface area contributed by atoms with Crippen molar-refractivity contribution < 1.29 is 22.4 Å². The van der Waals surface area contributed by atoms with Gasteiger partial charge in [0.2, 0.25) is 0 Å². The predicted molar refractivity (Wildman–Crippen MR) is 82.4 cm³/mol. The average molecular weight is 355 g/mol. The maximum atomic E-state index is 13.4. The van der Waals surface area contributed by atoms with Gasteiger partial charge in [0.1, 0.15) is 5.82 Å². The summed E-state index contributed by atoms with van der Waals surface area (Å²) < 4.78 is 53.3. The molecule has 0 atom stereocenters. The minimum absolute atomic E-state index is 0.0467. The Kier molecular flexibility index (Phi) is 4.53. The van der Waals surface area contributed by atoms with Crippen molar-refractivity contribution in [2.45, 2.75) is 38.4 Å². The molecule has 0 fully saturated rings. The second-order valence-corrected chi connectivity index (χ2v) is 6.13. The van der Waals surface area contributed by atoms with Gasteiger partial charge in [-0.15, -0.1) is 0 Å². The van der Waals surface area contributed by atoms with Gasteiger partial charge in [-0.2, -0.15) is 18.3 Å². The van der Waals surface area contributed by atoms with Crippen LogP contribution in [0.15, 0.2) is 18.2 Å². The molecule has 2 aromatic rings. The van der Waals surface area contributed by atoms with Gasteiger partial charge in [-0.1, -0.05) is 0 Å². The SMILES string of the molecule is Cn1nc(C(=O)NCc2cc(F)cc(C(F)(F)F)c2)c2c1CCCC2. The molecule has 0 radical (unpaired) electrons. The number of hydrogen-bond acceptors (Lipinski definition) is 2. The summed E-state index contributed by atoms with van der Waals surface area (Å²) in [5, 5.41) is 6.77. The fourth-order valence-electron chi connectivity index (χ4n) is 3.14. The first kappa shape index (κ1) is 17.4. The summed E-state index contributed by atoms with van der Waals surface area (Å²) in [7, 11) is 1.77. The highest BCUT2D eigenvalue weighted by atomic mass is 19.4. The second kappa shape index (κ2) is 6.50. The molecule has 0 spiro atoms. The van der Waals surface area contributed by atoms with Crippen LogP contribution >= 0.6 is 0 Å². The Bertz CT molecular complexity index is 811. The Morgan fingerprint density at radius 3 is 2.68 bits per heavy atom. The molecule has 1 heterocycles. The van der Waals surface area contributed by atoms with Crippen molar-refractivity contribution in [1.29, 1.82) is 0 Å². The van der Waals surface area contributed by atoms with E-state index in [0.29, 0.717) is 11.8 Å². The van der Waals surface area contributed by atoms with Crippen LogP contribution in [0.1, 0.15) is 45.7 Å². The molecule has 0 aliphatic heterocycles. The van der Waals surface area contributed by atoms with Crippen LogP contribution in [0.25, 0.3) is 0 Å². The topological polar surface area (TPSA) is 46.9 Å². The number of fused-ring (bicyclic) bond motifs is 1. The van der Waals surface area contributed by atoms with Gasteiger partial charge in [-0.3, -0.25) is 9.48 Å². The monoisotopic (exact) mass is 355 g/mol. The zero-order valence-corrected chi connectivity index (χ0v) is 13.6. The minimum Gasteiger partial charge on any atom is -0.347 e. The van der Waals surface area contributed by atoms with Crippen molar-refractivity contribution in [2.24, 2.45) is 7.05 Å². The normalized spacial score (nSPS) is 14.3. The summed E-state index contributed by atoms with van der Waals surface area (Å²) in [6.45, 7) is -0.203. The lowest BCUT2D eigenvalue weighted by Crippen LogP contribution is -2.25. The Morgan fingerprint density at radius 2 is 1.96 bits per heavy atom. The van der Waals surface area contributed by atoms with Gasteiger partial charge in [-0.05, 0) is 49.4 Å². The highest BCUT2D eigenvalue weighted by molar-refractivity contribution is 5.94. The Morgan fingerprint density at radius 1 is 1.24 bits per heavy atom. The molecule has 25 heavy (non-hydrogen) atoms. The zero-order chi connectivity index (χ0) is 18.2. The third kappa shape index (κ3) is 3.67. The van der Waals surface area contributed by atoms with Gasteiger partial charge in [-0.25, -0.2) is 4.39 Å². The van der Waals surface area contributed by atoms with Crippen molar-refractivity contribution in [2.75, 3.05) is 0 Å². The van der Waals surface area contributed by atoms with Crippen LogP contribution < -0.4 is 5.32 Å². The Hall–Kier alpha value is -2.38. The van der Waals surface area contributed by atoms with E-state index in [4.69, 9.17) is 0 Å². The average Bonchev–Trinajstić information content (AvgIpc) is 2.89. The highest BCUT2D eigenvalue weighted by Gasteiger charge is 2.31. The van der Waals surface area contributed by atoms with Crippen molar-refractivity contribution in [3.63, 3.8) is 0 Å². The molecule has 0 saturated carbocycles. The van der Waals surface area contributed by atoms with Crippen LogP contribution in [0.3, 0.4) is 0 Å². The summed E-state index contributed by atoms with van der Waals surface area (Å²) in [5.41, 5.74) is 1.17. The number of amides is 1. The number of carbonyl (C=O) groups is 1. The third-order valence-corrected chi connectivity index (χ3v) is 4.32. The smallest absolute Gasteiger partial charge is 0.347 e. The summed E-state index contributed by atoms with van der Waals surface area (Å²) in [6.07, 6.45) is -1.02. The van der Waals surface area contributed by atoms with E-state index in [1.807, 2.05) is 0 Å². The van der Waals surface area contributed by atoms with Crippen LogP contribution in [0, 0.1) is 5.82 Å². The highest BCUT2D eigenvalue weighted by Crippen LogP contribution is 2.30. The molecule has 3 rings (SSSR count). The van der Waals surface area contributed by atoms with E-state index in [-0.39, 0.29) is 12.1 Å². The Labute approximate surface area is 141 Å². The molecular formula is C17H17F4N3O. The summed E-state index contributed by atoms with van der Waals surface area (Å²) in [6, 6.07) is 2.24. The fourth-order valence-corrected chi connectivity index (χ4v) is 3.14. The first-order chi connectivity index (χ1) is 11.8. The lowest BCUT2D eigenvalue weighted by atomic mass is 9.95. The van der Waals surface area contributed by atoms with Gasteiger partial charge in [0, 0.05) is 24.8 Å². The number of aryl methyl sites for hydroxylation is 1. The summed E-state index contributed by atoms with van der Waals surface area (Å²) in [5.74, 6) is -1.45. The first-order valence-corrected chi connectivity index (χ1v) is 7.95. The van der Waals surface area contributed by atoms with E-state index >= 15 is 0 Å². The molecule has 0 bridgehead atoms. The first-order valence-electron chi connectivity index (χ1n) is 7.95. The Balaban J connectivity index is 1.76. The predicted octanol–water partition coefficient (Wildman–Crippen LogP) is 3.39. The number of nitrogens with zero attached hydrogens (tertiary/aromatic N) is 2. The van der Waals surface area contributed by atoms with E-state index in [1.165, 1.54) is 0 Å². The molecule has 1 N–H and O–H groups in total. The summed E-state index contributed by atoms with van der Waals surface area (Å²) >= 11 is 0. The van der Waals surface area contributed by atoms with Crippen LogP contribution in [0.5, 0.6) is 0 Å². The van der Waals surface area contributed by atoms with Gasteiger partial charge >= 0.3 is 6.18 Å². The number of hydrogen-bond donors (Lipinski definition) is 1. The molecule has 1 aliphatic carbocycles. The number of carbonyl (C=O) groups excluding carboxylic acids is 1. The van der Waals surface area contributed by atoms with Crippen LogP contribution in [-0.4, -0.2) is 15.7 Å². The molecule has 4 nitrogen and oxygen atoms in total. The fraction of sp³-hybridized carbons (Fsp3) is 0.412. The van der Waals surface area contributed by atoms with Crippen LogP contribution in [0.4, 0.5) is 17.6 Å². The number of alkyl halides is 3. The largest absolute Gasteiger partial charge is 0.416 e. The summed E-state index contributed by atoms with van der Waals surface area (Å²) in [4.78, 5) is 12.4. The maximum Gasteiger partial charge on any atom is 0.416 e. The lowest BCUT2D eigenvalue weighted by molar-refractivity contribution is -0.137. The van der Waals surface area contributed by atoms with Crippen molar-refractivity contribution >= 4 is 5.91 Å². The van der Waals surface area contributed by atoms with Crippen LogP contribution in [-0.2, 0) is 32.6 Å². The number of benzene rings is 1. The molecule has 8 heteroatoms. The molecule has 0 unspecified atom stereocenters. The maximum absolute atomic E-state index is 13.4. The van der Waals surface area contributed by atoms with Gasteiger partial charge < -0.3 is 5.32 Å². The second-order valence-electron chi connectivity index (χ2n) is 6.13. The molecule has 0 saturated heterocycles. The number of rotatable bonds is 3. The van der Waals surface area contributed by atoms with E-state index in [9.17, 15) is 22.4 Å². The zero-order valence-electron chi connectivity index (χ0n) is 13.6.